The molecule has 2 N–H and O–H groups in total. The standard InChI is InChI=1S/C11H12F4N2O/c12-9-4-2-1-3-8(9)5-16-6-10(18)17-7-11(13,14)15/h1-4,16H,5-7H2,(H,17,18). The first-order valence-corrected chi connectivity index (χ1v) is 5.16. The van der Waals surface area contributed by atoms with Crippen molar-refractivity contribution in [3.8, 4) is 0 Å². The van der Waals surface area contributed by atoms with Crippen LogP contribution in [0.2, 0.25) is 0 Å². The van der Waals surface area contributed by atoms with Gasteiger partial charge in [0.25, 0.3) is 0 Å². The first-order valence-electron chi connectivity index (χ1n) is 5.16. The van der Waals surface area contributed by atoms with E-state index in [2.05, 4.69) is 5.32 Å². The molecule has 100 valence electrons. The second-order valence-corrected chi connectivity index (χ2v) is 3.59. The second-order valence-electron chi connectivity index (χ2n) is 3.59. The predicted octanol–water partition coefficient (Wildman–Crippen LogP) is 1.59. The minimum atomic E-state index is -4.43. The van der Waals surface area contributed by atoms with E-state index in [1.807, 2.05) is 0 Å². The number of carbonyl (C=O) groups excluding carboxylic acids is 1. The van der Waals surface area contributed by atoms with Gasteiger partial charge in [0, 0.05) is 12.1 Å². The fraction of sp³-hybridized carbons (Fsp3) is 0.364. The van der Waals surface area contributed by atoms with Crippen molar-refractivity contribution >= 4 is 5.91 Å². The number of hydrogen-bond acceptors (Lipinski definition) is 2. The highest BCUT2D eigenvalue weighted by Crippen LogP contribution is 2.11. The van der Waals surface area contributed by atoms with Gasteiger partial charge in [0.2, 0.25) is 5.91 Å². The number of rotatable bonds is 5. The van der Waals surface area contributed by atoms with Crippen LogP contribution in [-0.4, -0.2) is 25.2 Å². The van der Waals surface area contributed by atoms with Crippen LogP contribution in [0.15, 0.2) is 24.3 Å². The van der Waals surface area contributed by atoms with Gasteiger partial charge in [-0.05, 0) is 6.07 Å². The molecule has 0 aliphatic rings. The maximum Gasteiger partial charge on any atom is 0.405 e. The lowest BCUT2D eigenvalue weighted by molar-refractivity contribution is -0.137. The van der Waals surface area contributed by atoms with E-state index in [0.29, 0.717) is 5.56 Å². The summed E-state index contributed by atoms with van der Waals surface area (Å²) >= 11 is 0. The third kappa shape index (κ3) is 5.62. The van der Waals surface area contributed by atoms with Gasteiger partial charge in [-0.1, -0.05) is 18.2 Å². The van der Waals surface area contributed by atoms with Gasteiger partial charge in [-0.2, -0.15) is 13.2 Å². The summed E-state index contributed by atoms with van der Waals surface area (Å²) in [5, 5.41) is 4.26. The van der Waals surface area contributed by atoms with Gasteiger partial charge in [-0.15, -0.1) is 0 Å². The molecule has 1 amide bonds. The lowest BCUT2D eigenvalue weighted by Crippen LogP contribution is -2.39. The van der Waals surface area contributed by atoms with Gasteiger partial charge in [0.1, 0.15) is 12.4 Å². The zero-order valence-electron chi connectivity index (χ0n) is 9.35. The molecule has 0 radical (unpaired) electrons. The smallest absolute Gasteiger partial charge is 0.346 e. The molecule has 0 unspecified atom stereocenters. The molecule has 0 saturated carbocycles. The molecule has 7 heteroatoms. The zero-order valence-corrected chi connectivity index (χ0v) is 9.35. The maximum atomic E-state index is 13.1. The van der Waals surface area contributed by atoms with Crippen molar-refractivity contribution in [2.45, 2.75) is 12.7 Å². The van der Waals surface area contributed by atoms with E-state index >= 15 is 0 Å². The van der Waals surface area contributed by atoms with Crippen molar-refractivity contribution in [2.75, 3.05) is 13.1 Å². The van der Waals surface area contributed by atoms with Crippen LogP contribution in [0.25, 0.3) is 0 Å². The molecule has 1 aromatic carbocycles. The number of halogens is 4. The largest absolute Gasteiger partial charge is 0.405 e. The average Bonchev–Trinajstić information content (AvgIpc) is 2.28. The van der Waals surface area contributed by atoms with Crippen LogP contribution in [0, 0.1) is 5.82 Å². The molecule has 0 atom stereocenters. The summed E-state index contributed by atoms with van der Waals surface area (Å²) in [5.74, 6) is -1.22. The minimum Gasteiger partial charge on any atom is -0.346 e. The maximum absolute atomic E-state index is 13.1. The predicted molar refractivity (Wildman–Crippen MR) is 57.2 cm³/mol. The SMILES string of the molecule is O=C(CNCc1ccccc1F)NCC(F)(F)F. The van der Waals surface area contributed by atoms with Crippen molar-refractivity contribution in [3.05, 3.63) is 35.6 Å². The number of carbonyl (C=O) groups is 1. The number of amides is 1. The lowest BCUT2D eigenvalue weighted by atomic mass is 10.2. The van der Waals surface area contributed by atoms with Gasteiger partial charge in [0.15, 0.2) is 0 Å². The molecule has 0 aromatic heterocycles. The Morgan fingerprint density at radius 2 is 1.89 bits per heavy atom. The zero-order chi connectivity index (χ0) is 13.6. The summed E-state index contributed by atoms with van der Waals surface area (Å²) in [6, 6.07) is 5.94. The van der Waals surface area contributed by atoms with E-state index < -0.39 is 24.4 Å². The summed E-state index contributed by atoms with van der Waals surface area (Å²) in [4.78, 5) is 11.0. The molecule has 0 fully saturated rings. The molecule has 0 spiro atoms. The van der Waals surface area contributed by atoms with Crippen molar-refractivity contribution in [2.24, 2.45) is 0 Å². The fourth-order valence-electron chi connectivity index (χ4n) is 1.21. The fourth-order valence-corrected chi connectivity index (χ4v) is 1.21. The van der Waals surface area contributed by atoms with E-state index in [-0.39, 0.29) is 13.1 Å². The molecule has 3 nitrogen and oxygen atoms in total. The van der Waals surface area contributed by atoms with E-state index in [4.69, 9.17) is 0 Å². The Bertz CT molecular complexity index is 406. The first-order chi connectivity index (χ1) is 8.38. The van der Waals surface area contributed by atoms with Gasteiger partial charge in [0.05, 0.1) is 6.54 Å². The highest BCUT2D eigenvalue weighted by molar-refractivity contribution is 5.77. The summed E-state index contributed by atoms with van der Waals surface area (Å²) in [7, 11) is 0. The van der Waals surface area contributed by atoms with Crippen LogP contribution in [0.5, 0.6) is 0 Å². The Balaban J connectivity index is 2.26. The monoisotopic (exact) mass is 264 g/mol. The molecule has 0 aliphatic carbocycles. The topological polar surface area (TPSA) is 41.1 Å². The van der Waals surface area contributed by atoms with Crippen LogP contribution in [0.1, 0.15) is 5.56 Å². The molecule has 0 heterocycles. The van der Waals surface area contributed by atoms with Gasteiger partial charge >= 0.3 is 6.18 Å². The highest BCUT2D eigenvalue weighted by Gasteiger charge is 2.27. The number of alkyl halides is 3. The molecule has 0 saturated heterocycles. The van der Waals surface area contributed by atoms with Crippen molar-refractivity contribution < 1.29 is 22.4 Å². The Hall–Kier alpha value is -1.63. The van der Waals surface area contributed by atoms with E-state index in [9.17, 15) is 22.4 Å². The van der Waals surface area contributed by atoms with Gasteiger partial charge in [-0.3, -0.25) is 4.79 Å². The van der Waals surface area contributed by atoms with Crippen molar-refractivity contribution in [3.63, 3.8) is 0 Å². The second kappa shape index (κ2) is 6.34. The molecule has 18 heavy (non-hydrogen) atoms. The molecule has 0 aliphatic heterocycles. The minimum absolute atomic E-state index is 0.0755. The lowest BCUT2D eigenvalue weighted by Gasteiger charge is -2.09. The number of hydrogen-bond donors (Lipinski definition) is 2. The first kappa shape index (κ1) is 14.4. The van der Waals surface area contributed by atoms with E-state index in [0.717, 1.165) is 0 Å². The van der Waals surface area contributed by atoms with Crippen molar-refractivity contribution in [1.82, 2.24) is 10.6 Å². The highest BCUT2D eigenvalue weighted by atomic mass is 19.4. The van der Waals surface area contributed by atoms with Gasteiger partial charge in [-0.25, -0.2) is 4.39 Å². The quantitative estimate of drug-likeness (QED) is 0.793. The Kier molecular flexibility index (Phi) is 5.08. The normalized spacial score (nSPS) is 11.3. The van der Waals surface area contributed by atoms with Crippen LogP contribution in [0.4, 0.5) is 17.6 Å². The van der Waals surface area contributed by atoms with Gasteiger partial charge < -0.3 is 10.6 Å². The van der Waals surface area contributed by atoms with Crippen LogP contribution in [0.3, 0.4) is 0 Å². The number of nitrogens with one attached hydrogen (secondary N) is 2. The number of benzene rings is 1. The van der Waals surface area contributed by atoms with Crippen molar-refractivity contribution in [1.29, 1.82) is 0 Å². The summed E-state index contributed by atoms with van der Waals surface area (Å²) in [5.41, 5.74) is 0.348. The van der Waals surface area contributed by atoms with Crippen LogP contribution in [-0.2, 0) is 11.3 Å². The third-order valence-electron chi connectivity index (χ3n) is 2.04. The average molecular weight is 264 g/mol. The third-order valence-corrected chi connectivity index (χ3v) is 2.04. The Morgan fingerprint density at radius 3 is 2.50 bits per heavy atom. The van der Waals surface area contributed by atoms with E-state index in [1.165, 1.54) is 18.2 Å². The van der Waals surface area contributed by atoms with E-state index in [1.54, 1.807) is 11.4 Å². The molecular formula is C11H12F4N2O. The Labute approximate surface area is 101 Å². The summed E-state index contributed by atoms with van der Waals surface area (Å²) < 4.78 is 48.4. The Morgan fingerprint density at radius 1 is 1.22 bits per heavy atom. The van der Waals surface area contributed by atoms with Crippen LogP contribution < -0.4 is 10.6 Å². The summed E-state index contributed by atoms with van der Waals surface area (Å²) in [6.07, 6.45) is -4.43. The summed E-state index contributed by atoms with van der Waals surface area (Å²) in [6.45, 7) is -1.59. The molecule has 0 bridgehead atoms. The molecule has 1 aromatic rings. The molecule has 1 rings (SSSR count). The molecular weight excluding hydrogens is 252 g/mol. The van der Waals surface area contributed by atoms with Crippen LogP contribution >= 0.6 is 0 Å².